The Balaban J connectivity index is 2.23. The highest BCUT2D eigenvalue weighted by Gasteiger charge is 2.03. The molecule has 0 bridgehead atoms. The summed E-state index contributed by atoms with van der Waals surface area (Å²) in [6.45, 7) is 5.30. The van der Waals surface area contributed by atoms with E-state index in [1.807, 2.05) is 23.2 Å². The SMILES string of the molecule is CCSCC(C)NCc1sccc1N. The van der Waals surface area contributed by atoms with Crippen molar-refractivity contribution in [2.24, 2.45) is 0 Å². The van der Waals surface area contributed by atoms with Crippen LogP contribution in [0.5, 0.6) is 0 Å². The summed E-state index contributed by atoms with van der Waals surface area (Å²) in [6, 6.07) is 2.52. The second kappa shape index (κ2) is 6.32. The average Bonchev–Trinajstić information content (AvgIpc) is 2.58. The smallest absolute Gasteiger partial charge is 0.0468 e. The van der Waals surface area contributed by atoms with Crippen molar-refractivity contribution in [2.45, 2.75) is 26.4 Å². The lowest BCUT2D eigenvalue weighted by molar-refractivity contribution is 0.601. The normalized spacial score (nSPS) is 13.0. The van der Waals surface area contributed by atoms with Crippen molar-refractivity contribution in [3.8, 4) is 0 Å². The van der Waals surface area contributed by atoms with E-state index in [4.69, 9.17) is 5.73 Å². The fourth-order valence-corrected chi connectivity index (χ4v) is 2.57. The number of hydrogen-bond donors (Lipinski definition) is 2. The van der Waals surface area contributed by atoms with Crippen LogP contribution in [-0.2, 0) is 6.54 Å². The number of hydrogen-bond acceptors (Lipinski definition) is 4. The molecule has 3 N–H and O–H groups in total. The molecule has 1 aromatic rings. The molecule has 0 spiro atoms. The van der Waals surface area contributed by atoms with E-state index in [-0.39, 0.29) is 0 Å². The molecule has 0 aliphatic carbocycles. The van der Waals surface area contributed by atoms with Crippen molar-refractivity contribution in [3.05, 3.63) is 16.3 Å². The molecule has 2 nitrogen and oxygen atoms in total. The zero-order valence-electron chi connectivity index (χ0n) is 8.75. The van der Waals surface area contributed by atoms with E-state index < -0.39 is 0 Å². The van der Waals surface area contributed by atoms with Gasteiger partial charge in [0, 0.05) is 28.9 Å². The van der Waals surface area contributed by atoms with Crippen LogP contribution in [0.25, 0.3) is 0 Å². The van der Waals surface area contributed by atoms with Crippen LogP contribution < -0.4 is 11.1 Å². The van der Waals surface area contributed by atoms with Crippen molar-refractivity contribution >= 4 is 28.8 Å². The molecular formula is C10H18N2S2. The van der Waals surface area contributed by atoms with Crippen LogP contribution >= 0.6 is 23.1 Å². The third-order valence-corrected chi connectivity index (χ3v) is 4.04. The van der Waals surface area contributed by atoms with Crippen LogP contribution in [-0.4, -0.2) is 17.5 Å². The fraction of sp³-hybridized carbons (Fsp3) is 0.600. The molecule has 80 valence electrons. The highest BCUT2D eigenvalue weighted by atomic mass is 32.2. The number of nitrogens with two attached hydrogens (primary N) is 1. The summed E-state index contributed by atoms with van der Waals surface area (Å²) in [7, 11) is 0. The van der Waals surface area contributed by atoms with Crippen LogP contribution in [0.15, 0.2) is 11.4 Å². The van der Waals surface area contributed by atoms with Gasteiger partial charge in [-0.15, -0.1) is 11.3 Å². The molecular weight excluding hydrogens is 212 g/mol. The second-order valence-electron chi connectivity index (χ2n) is 3.24. The Morgan fingerprint density at radius 3 is 3.00 bits per heavy atom. The molecule has 14 heavy (non-hydrogen) atoms. The zero-order valence-corrected chi connectivity index (χ0v) is 10.4. The van der Waals surface area contributed by atoms with Gasteiger partial charge in [0.25, 0.3) is 0 Å². The average molecular weight is 230 g/mol. The maximum absolute atomic E-state index is 5.79. The van der Waals surface area contributed by atoms with Crippen LogP contribution in [0.4, 0.5) is 5.69 Å². The van der Waals surface area contributed by atoms with Gasteiger partial charge in [-0.1, -0.05) is 6.92 Å². The molecule has 1 rings (SSSR count). The molecule has 0 amide bonds. The van der Waals surface area contributed by atoms with Gasteiger partial charge in [-0.3, -0.25) is 0 Å². The standard InChI is InChI=1S/C10H18N2S2/c1-3-13-7-8(2)12-6-10-9(11)4-5-14-10/h4-5,8,12H,3,6-7,11H2,1-2H3. The van der Waals surface area contributed by atoms with E-state index in [0.29, 0.717) is 6.04 Å². The molecule has 4 heteroatoms. The Morgan fingerprint density at radius 2 is 2.43 bits per heavy atom. The number of nitrogen functional groups attached to an aromatic ring is 1. The van der Waals surface area contributed by atoms with Gasteiger partial charge in [0.15, 0.2) is 0 Å². The first-order valence-electron chi connectivity index (χ1n) is 4.87. The number of nitrogens with one attached hydrogen (secondary N) is 1. The predicted octanol–water partition coefficient (Wildman–Crippen LogP) is 2.56. The maximum Gasteiger partial charge on any atom is 0.0468 e. The van der Waals surface area contributed by atoms with Crippen LogP contribution in [0.2, 0.25) is 0 Å². The molecule has 1 unspecified atom stereocenters. The summed E-state index contributed by atoms with van der Waals surface area (Å²) in [5, 5.41) is 5.51. The Hall–Kier alpha value is -0.190. The van der Waals surface area contributed by atoms with Gasteiger partial charge >= 0.3 is 0 Å². The lowest BCUT2D eigenvalue weighted by atomic mass is 10.3. The molecule has 0 radical (unpaired) electrons. The molecule has 0 aliphatic heterocycles. The zero-order chi connectivity index (χ0) is 10.4. The highest BCUT2D eigenvalue weighted by Crippen LogP contribution is 2.18. The van der Waals surface area contributed by atoms with Gasteiger partial charge < -0.3 is 11.1 Å². The second-order valence-corrected chi connectivity index (χ2v) is 5.56. The minimum Gasteiger partial charge on any atom is -0.398 e. The van der Waals surface area contributed by atoms with E-state index in [1.54, 1.807) is 11.3 Å². The maximum atomic E-state index is 5.79. The third-order valence-electron chi connectivity index (χ3n) is 1.96. The monoisotopic (exact) mass is 230 g/mol. The van der Waals surface area contributed by atoms with Gasteiger partial charge in [0.2, 0.25) is 0 Å². The van der Waals surface area contributed by atoms with Crippen molar-refractivity contribution in [2.75, 3.05) is 17.2 Å². The first kappa shape index (κ1) is 11.9. The quantitative estimate of drug-likeness (QED) is 0.789. The molecule has 1 atom stereocenters. The van der Waals surface area contributed by atoms with Gasteiger partial charge in [-0.2, -0.15) is 11.8 Å². The summed E-state index contributed by atoms with van der Waals surface area (Å²) >= 11 is 3.69. The van der Waals surface area contributed by atoms with Crippen molar-refractivity contribution in [3.63, 3.8) is 0 Å². The van der Waals surface area contributed by atoms with Crippen LogP contribution in [0.1, 0.15) is 18.7 Å². The van der Waals surface area contributed by atoms with Gasteiger partial charge in [-0.05, 0) is 24.1 Å². The number of anilines is 1. The van der Waals surface area contributed by atoms with E-state index >= 15 is 0 Å². The van der Waals surface area contributed by atoms with E-state index in [9.17, 15) is 0 Å². The molecule has 0 aliphatic rings. The summed E-state index contributed by atoms with van der Waals surface area (Å²) in [4.78, 5) is 1.25. The van der Waals surface area contributed by atoms with Crippen molar-refractivity contribution < 1.29 is 0 Å². The van der Waals surface area contributed by atoms with Gasteiger partial charge in [0.05, 0.1) is 0 Å². The largest absolute Gasteiger partial charge is 0.398 e. The number of thioether (sulfide) groups is 1. The fourth-order valence-electron chi connectivity index (χ4n) is 1.11. The molecule has 0 saturated carbocycles. The van der Waals surface area contributed by atoms with Crippen LogP contribution in [0.3, 0.4) is 0 Å². The number of thiophene rings is 1. The lowest BCUT2D eigenvalue weighted by Gasteiger charge is -2.12. The lowest BCUT2D eigenvalue weighted by Crippen LogP contribution is -2.27. The van der Waals surface area contributed by atoms with E-state index in [2.05, 4.69) is 19.2 Å². The molecule has 1 heterocycles. The first-order valence-corrected chi connectivity index (χ1v) is 6.90. The van der Waals surface area contributed by atoms with Crippen molar-refractivity contribution in [1.29, 1.82) is 0 Å². The summed E-state index contributed by atoms with van der Waals surface area (Å²) in [5.41, 5.74) is 6.71. The molecule has 1 aromatic heterocycles. The third kappa shape index (κ3) is 3.90. The predicted molar refractivity (Wildman–Crippen MR) is 68.0 cm³/mol. The summed E-state index contributed by atoms with van der Waals surface area (Å²) < 4.78 is 0. The number of rotatable bonds is 6. The van der Waals surface area contributed by atoms with Crippen LogP contribution in [0, 0.1) is 0 Å². The van der Waals surface area contributed by atoms with Crippen molar-refractivity contribution in [1.82, 2.24) is 5.32 Å². The summed E-state index contributed by atoms with van der Waals surface area (Å²) in [5.74, 6) is 2.36. The van der Waals surface area contributed by atoms with E-state index in [0.717, 1.165) is 12.2 Å². The molecule has 0 fully saturated rings. The minimum absolute atomic E-state index is 0.557. The topological polar surface area (TPSA) is 38.0 Å². The van der Waals surface area contributed by atoms with Gasteiger partial charge in [-0.25, -0.2) is 0 Å². The Bertz CT molecular complexity index is 260. The summed E-state index contributed by atoms with van der Waals surface area (Å²) in [6.07, 6.45) is 0. The first-order chi connectivity index (χ1) is 6.74. The minimum atomic E-state index is 0.557. The Labute approximate surface area is 94.3 Å². The van der Waals surface area contributed by atoms with Gasteiger partial charge in [0.1, 0.15) is 0 Å². The highest BCUT2D eigenvalue weighted by molar-refractivity contribution is 7.99. The Kier molecular flexibility index (Phi) is 5.37. The molecule has 0 saturated heterocycles. The Morgan fingerprint density at radius 1 is 1.64 bits per heavy atom. The molecule has 0 aromatic carbocycles. The van der Waals surface area contributed by atoms with E-state index in [1.165, 1.54) is 16.4 Å².